The highest BCUT2D eigenvalue weighted by Gasteiger charge is 2.40. The molecule has 4 nitrogen and oxygen atoms in total. The van der Waals surface area contributed by atoms with Crippen LogP contribution in [0.1, 0.15) is 47.0 Å². The first kappa shape index (κ1) is 26.3. The number of hydrogen-bond donors (Lipinski definition) is 0. The second-order valence-electron chi connectivity index (χ2n) is 8.35. The van der Waals surface area contributed by atoms with Gasteiger partial charge < -0.3 is 13.9 Å². The Kier molecular flexibility index (Phi) is 12.3. The van der Waals surface area contributed by atoms with Crippen molar-refractivity contribution in [3.63, 3.8) is 0 Å². The van der Waals surface area contributed by atoms with Gasteiger partial charge >= 0.3 is 5.97 Å². The Morgan fingerprint density at radius 2 is 1.96 bits per heavy atom. The van der Waals surface area contributed by atoms with Crippen LogP contribution in [0.2, 0.25) is 18.1 Å². The molecule has 0 spiro atoms. The first-order valence-electron chi connectivity index (χ1n) is 9.44. The summed E-state index contributed by atoms with van der Waals surface area (Å²) in [6, 6.07) is 0. The lowest BCUT2D eigenvalue weighted by Gasteiger charge is -2.41. The van der Waals surface area contributed by atoms with Gasteiger partial charge in [-0.2, -0.15) is 0 Å². The first-order valence-corrected chi connectivity index (χ1v) is 13.7. The third-order valence-corrected chi connectivity index (χ3v) is 9.92. The summed E-state index contributed by atoms with van der Waals surface area (Å²) in [6.07, 6.45) is 6.05. The van der Waals surface area contributed by atoms with Crippen LogP contribution in [0.25, 0.3) is 0 Å². The highest BCUT2D eigenvalue weighted by Crippen LogP contribution is 2.39. The molecule has 0 aliphatic carbocycles. The topological polar surface area (TPSA) is 44.8 Å². The van der Waals surface area contributed by atoms with E-state index in [1.165, 1.54) is 7.11 Å². The van der Waals surface area contributed by atoms with E-state index >= 15 is 0 Å². The standard InChI is InChI=1S/C21H38O4SSi/c1-10-12-17(2)19(25-27(8,9)21(3,4)5)15-18(24-16-26-7)13-11-14-20(22)23-6/h10,17-19H,1,12-13,15-16H2,2-9H3/t17-,18+,19+/m1/s1. The van der Waals surface area contributed by atoms with Gasteiger partial charge in [0, 0.05) is 12.3 Å². The average molecular weight is 415 g/mol. The number of carbonyl (C=O) groups excluding carboxylic acids is 1. The Labute approximate surface area is 171 Å². The van der Waals surface area contributed by atoms with E-state index in [0.717, 1.165) is 12.8 Å². The number of hydrogen-bond acceptors (Lipinski definition) is 5. The molecule has 0 N–H and O–H groups in total. The van der Waals surface area contributed by atoms with E-state index in [1.807, 2.05) is 12.3 Å². The van der Waals surface area contributed by atoms with Crippen LogP contribution in [-0.4, -0.2) is 45.8 Å². The summed E-state index contributed by atoms with van der Waals surface area (Å²) in [6.45, 7) is 17.4. The zero-order valence-electron chi connectivity index (χ0n) is 18.4. The van der Waals surface area contributed by atoms with Crippen molar-refractivity contribution >= 4 is 26.0 Å². The monoisotopic (exact) mass is 414 g/mol. The summed E-state index contributed by atoms with van der Waals surface area (Å²) in [7, 11) is -0.586. The van der Waals surface area contributed by atoms with Gasteiger partial charge in [0.2, 0.25) is 0 Å². The Morgan fingerprint density at radius 1 is 1.33 bits per heavy atom. The number of carbonyl (C=O) groups is 1. The van der Waals surface area contributed by atoms with Gasteiger partial charge in [-0.25, -0.2) is 4.79 Å². The van der Waals surface area contributed by atoms with Crippen molar-refractivity contribution < 1.29 is 18.7 Å². The van der Waals surface area contributed by atoms with Crippen molar-refractivity contribution in [2.45, 2.75) is 77.3 Å². The maximum Gasteiger partial charge on any atom is 0.384 e. The minimum absolute atomic E-state index is 0.0654. The zero-order chi connectivity index (χ0) is 21.1. The number of rotatable bonds is 11. The van der Waals surface area contributed by atoms with Gasteiger partial charge in [-0.15, -0.1) is 18.3 Å². The van der Waals surface area contributed by atoms with Crippen LogP contribution < -0.4 is 0 Å². The molecule has 0 aliphatic heterocycles. The summed E-state index contributed by atoms with van der Waals surface area (Å²) >= 11 is 1.63. The molecule has 0 aromatic rings. The number of allylic oxidation sites excluding steroid dienone is 1. The molecule has 0 rings (SSSR count). The van der Waals surface area contributed by atoms with Gasteiger partial charge in [0.25, 0.3) is 0 Å². The van der Waals surface area contributed by atoms with Gasteiger partial charge in [0.15, 0.2) is 8.32 Å². The lowest BCUT2D eigenvalue weighted by Crippen LogP contribution is -2.46. The molecule has 0 saturated carbocycles. The number of thioether (sulfide) groups is 1. The molecule has 6 heteroatoms. The third kappa shape index (κ3) is 10.4. The van der Waals surface area contributed by atoms with Gasteiger partial charge in [-0.1, -0.05) is 39.7 Å². The van der Waals surface area contributed by atoms with E-state index in [0.29, 0.717) is 18.3 Å². The normalized spacial score (nSPS) is 15.3. The minimum Gasteiger partial charge on any atom is -0.459 e. The maximum absolute atomic E-state index is 11.2. The fraction of sp³-hybridized carbons (Fsp3) is 0.762. The second-order valence-corrected chi connectivity index (χ2v) is 13.9. The lowest BCUT2D eigenvalue weighted by atomic mass is 9.95. The summed E-state index contributed by atoms with van der Waals surface area (Å²) in [5, 5.41) is 0.138. The number of methoxy groups -OCH3 is 1. The molecule has 156 valence electrons. The van der Waals surface area contributed by atoms with Crippen molar-refractivity contribution in [3.05, 3.63) is 12.7 Å². The summed E-state index contributed by atoms with van der Waals surface area (Å²) in [4.78, 5) is 11.2. The van der Waals surface area contributed by atoms with Crippen LogP contribution in [0.4, 0.5) is 0 Å². The van der Waals surface area contributed by atoms with Crippen molar-refractivity contribution in [2.75, 3.05) is 19.3 Å². The molecule has 0 radical (unpaired) electrons. The predicted octanol–water partition coefficient (Wildman–Crippen LogP) is 5.25. The van der Waals surface area contributed by atoms with E-state index in [-0.39, 0.29) is 17.2 Å². The Morgan fingerprint density at radius 3 is 2.44 bits per heavy atom. The highest BCUT2D eigenvalue weighted by atomic mass is 32.2. The van der Waals surface area contributed by atoms with Gasteiger partial charge in [-0.3, -0.25) is 0 Å². The molecule has 0 bridgehead atoms. The molecular weight excluding hydrogens is 376 g/mol. The van der Waals surface area contributed by atoms with Crippen LogP contribution >= 0.6 is 11.8 Å². The van der Waals surface area contributed by atoms with Crippen molar-refractivity contribution in [1.29, 1.82) is 0 Å². The van der Waals surface area contributed by atoms with E-state index in [9.17, 15) is 4.79 Å². The summed E-state index contributed by atoms with van der Waals surface area (Å²) in [5.41, 5.74) is 0. The van der Waals surface area contributed by atoms with E-state index < -0.39 is 14.3 Å². The average Bonchev–Trinajstić information content (AvgIpc) is 2.57. The molecule has 0 heterocycles. The summed E-state index contributed by atoms with van der Waals surface area (Å²) < 4.78 is 17.3. The van der Waals surface area contributed by atoms with Gasteiger partial charge in [-0.05, 0) is 43.1 Å². The van der Waals surface area contributed by atoms with Crippen LogP contribution in [0, 0.1) is 17.8 Å². The Hall–Kier alpha value is -0.743. The molecule has 0 unspecified atom stereocenters. The third-order valence-electron chi connectivity index (χ3n) is 5.05. The first-order chi connectivity index (χ1) is 12.5. The predicted molar refractivity (Wildman–Crippen MR) is 118 cm³/mol. The zero-order valence-corrected chi connectivity index (χ0v) is 20.2. The molecule has 0 aromatic heterocycles. The SMILES string of the molecule is C=CC[C@@H](C)[C@H](C[C@H](CC#CC(=O)OC)OCSC)O[Si](C)(C)C(C)(C)C. The molecule has 0 fully saturated rings. The minimum atomic E-state index is -1.92. The fourth-order valence-corrected chi connectivity index (χ4v) is 4.06. The van der Waals surface area contributed by atoms with E-state index in [1.54, 1.807) is 11.8 Å². The van der Waals surface area contributed by atoms with E-state index in [2.05, 4.69) is 63.9 Å². The fourth-order valence-electron chi connectivity index (χ4n) is 2.29. The molecule has 0 aliphatic rings. The summed E-state index contributed by atoms with van der Waals surface area (Å²) in [5.74, 6) is 5.79. The van der Waals surface area contributed by atoms with Crippen molar-refractivity contribution in [3.8, 4) is 11.8 Å². The largest absolute Gasteiger partial charge is 0.459 e. The molecule has 0 amide bonds. The molecule has 27 heavy (non-hydrogen) atoms. The van der Waals surface area contributed by atoms with Crippen LogP contribution in [-0.2, 0) is 18.7 Å². The van der Waals surface area contributed by atoms with Crippen molar-refractivity contribution in [1.82, 2.24) is 0 Å². The molecule has 0 saturated heterocycles. The van der Waals surface area contributed by atoms with Crippen LogP contribution in [0.3, 0.4) is 0 Å². The van der Waals surface area contributed by atoms with Gasteiger partial charge in [0.05, 0.1) is 25.3 Å². The smallest absolute Gasteiger partial charge is 0.384 e. The highest BCUT2D eigenvalue weighted by molar-refractivity contribution is 7.98. The van der Waals surface area contributed by atoms with Crippen molar-refractivity contribution in [2.24, 2.45) is 5.92 Å². The number of esters is 1. The second kappa shape index (κ2) is 12.7. The Balaban J connectivity index is 5.34. The maximum atomic E-state index is 11.2. The van der Waals surface area contributed by atoms with Crippen LogP contribution in [0.5, 0.6) is 0 Å². The molecule has 3 atom stereocenters. The quantitative estimate of drug-likeness (QED) is 0.115. The molecular formula is C21H38O4SSi. The van der Waals surface area contributed by atoms with Gasteiger partial charge in [0.1, 0.15) is 0 Å². The number of ether oxygens (including phenoxy) is 2. The lowest BCUT2D eigenvalue weighted by molar-refractivity contribution is -0.133. The Bertz CT molecular complexity index is 517. The van der Waals surface area contributed by atoms with E-state index in [4.69, 9.17) is 9.16 Å². The molecule has 0 aromatic carbocycles. The van der Waals surface area contributed by atoms with Crippen LogP contribution in [0.15, 0.2) is 12.7 Å².